The van der Waals surface area contributed by atoms with Crippen molar-refractivity contribution in [3.8, 4) is 5.88 Å². The minimum absolute atomic E-state index is 0.709. The quantitative estimate of drug-likeness (QED) is 0.777. The molecule has 1 aliphatic carbocycles. The average Bonchev–Trinajstić information content (AvgIpc) is 2.99. The molecule has 2 aliphatic rings. The Morgan fingerprint density at radius 2 is 2.31 bits per heavy atom. The van der Waals surface area contributed by atoms with E-state index >= 15 is 0 Å². The summed E-state index contributed by atoms with van der Waals surface area (Å²) in [6.07, 6.45) is 5.65. The van der Waals surface area contributed by atoms with Crippen LogP contribution in [0.2, 0.25) is 0 Å². The van der Waals surface area contributed by atoms with E-state index in [0.717, 1.165) is 37.0 Å². The highest BCUT2D eigenvalue weighted by atomic mass is 16.5. The van der Waals surface area contributed by atoms with Crippen LogP contribution < -0.4 is 4.74 Å². The van der Waals surface area contributed by atoms with Gasteiger partial charge in [-0.15, -0.1) is 0 Å². The second kappa shape index (κ2) is 4.16. The molecule has 0 atom stereocenters. The predicted molar refractivity (Wildman–Crippen MR) is 61.0 cm³/mol. The lowest BCUT2D eigenvalue weighted by Crippen LogP contribution is -2.01. The van der Waals surface area contributed by atoms with Crippen molar-refractivity contribution in [2.45, 2.75) is 19.3 Å². The Morgan fingerprint density at radius 1 is 1.38 bits per heavy atom. The summed E-state index contributed by atoms with van der Waals surface area (Å²) in [7, 11) is 0. The van der Waals surface area contributed by atoms with Gasteiger partial charge >= 0.3 is 0 Å². The van der Waals surface area contributed by atoms with Crippen LogP contribution in [0.5, 0.6) is 5.88 Å². The average molecular weight is 217 g/mol. The van der Waals surface area contributed by atoms with Crippen LogP contribution in [0.25, 0.3) is 5.76 Å². The zero-order chi connectivity index (χ0) is 10.8. The van der Waals surface area contributed by atoms with Gasteiger partial charge in [0.15, 0.2) is 0 Å². The fourth-order valence-corrected chi connectivity index (χ4v) is 1.72. The topological polar surface area (TPSA) is 31.4 Å². The number of ether oxygens (including phenoxy) is 2. The minimum atomic E-state index is 0.709. The molecule has 3 nitrogen and oxygen atoms in total. The maximum absolute atomic E-state index is 5.64. The molecule has 3 rings (SSSR count). The third-order valence-corrected chi connectivity index (χ3v) is 2.84. The lowest BCUT2D eigenvalue weighted by atomic mass is 10.3. The van der Waals surface area contributed by atoms with E-state index in [1.165, 1.54) is 12.8 Å². The summed E-state index contributed by atoms with van der Waals surface area (Å²) in [5.41, 5.74) is 0.880. The van der Waals surface area contributed by atoms with Crippen LogP contribution in [0.3, 0.4) is 0 Å². The summed E-state index contributed by atoms with van der Waals surface area (Å²) in [5.74, 6) is 2.35. The summed E-state index contributed by atoms with van der Waals surface area (Å²) in [4.78, 5) is 4.44. The first kappa shape index (κ1) is 9.70. The molecule has 0 radical (unpaired) electrons. The number of aromatic nitrogens is 1. The molecule has 1 aromatic heterocycles. The Hall–Kier alpha value is -1.51. The number of hydrogen-bond donors (Lipinski definition) is 0. The van der Waals surface area contributed by atoms with Gasteiger partial charge in [0.05, 0.1) is 13.2 Å². The highest BCUT2D eigenvalue weighted by Crippen LogP contribution is 2.29. The van der Waals surface area contributed by atoms with Crippen molar-refractivity contribution >= 4 is 5.76 Å². The summed E-state index contributed by atoms with van der Waals surface area (Å²) in [6, 6.07) is 5.83. The van der Waals surface area contributed by atoms with E-state index in [1.54, 1.807) is 0 Å². The van der Waals surface area contributed by atoms with Gasteiger partial charge in [0.25, 0.3) is 0 Å². The molecule has 1 saturated carbocycles. The van der Waals surface area contributed by atoms with Crippen LogP contribution in [-0.4, -0.2) is 18.2 Å². The molecule has 2 heterocycles. The molecule has 0 bridgehead atoms. The number of rotatable bonds is 4. The van der Waals surface area contributed by atoms with Crippen molar-refractivity contribution in [2.24, 2.45) is 5.92 Å². The molecule has 1 aromatic rings. The van der Waals surface area contributed by atoms with Crippen molar-refractivity contribution < 1.29 is 9.47 Å². The third kappa shape index (κ3) is 2.18. The van der Waals surface area contributed by atoms with Crippen LogP contribution in [0.15, 0.2) is 24.3 Å². The first-order valence-corrected chi connectivity index (χ1v) is 5.85. The second-order valence-corrected chi connectivity index (χ2v) is 4.32. The van der Waals surface area contributed by atoms with Gasteiger partial charge in [0, 0.05) is 12.5 Å². The van der Waals surface area contributed by atoms with Crippen molar-refractivity contribution in [3.63, 3.8) is 0 Å². The van der Waals surface area contributed by atoms with Crippen LogP contribution in [0.4, 0.5) is 0 Å². The monoisotopic (exact) mass is 217 g/mol. The predicted octanol–water partition coefficient (Wildman–Crippen LogP) is 2.63. The van der Waals surface area contributed by atoms with E-state index in [2.05, 4.69) is 11.1 Å². The van der Waals surface area contributed by atoms with Gasteiger partial charge in [-0.2, -0.15) is 0 Å². The molecule has 1 aliphatic heterocycles. The van der Waals surface area contributed by atoms with Gasteiger partial charge in [-0.3, -0.25) is 0 Å². The van der Waals surface area contributed by atoms with Gasteiger partial charge in [0.1, 0.15) is 11.5 Å². The van der Waals surface area contributed by atoms with Crippen molar-refractivity contribution in [1.82, 2.24) is 4.98 Å². The Labute approximate surface area is 95.1 Å². The molecule has 0 N–H and O–H groups in total. The summed E-state index contributed by atoms with van der Waals surface area (Å²) < 4.78 is 11.1. The molecule has 84 valence electrons. The highest BCUT2D eigenvalue weighted by Gasteiger charge is 2.22. The molecule has 1 fully saturated rings. The zero-order valence-electron chi connectivity index (χ0n) is 9.19. The zero-order valence-corrected chi connectivity index (χ0v) is 9.19. The normalized spacial score (nSPS) is 19.1. The van der Waals surface area contributed by atoms with Crippen molar-refractivity contribution in [1.29, 1.82) is 0 Å². The van der Waals surface area contributed by atoms with Gasteiger partial charge in [-0.1, -0.05) is 6.07 Å². The molecular weight excluding hydrogens is 202 g/mol. The summed E-state index contributed by atoms with van der Waals surface area (Å²) in [5, 5.41) is 0. The Balaban J connectivity index is 1.70. The molecule has 0 amide bonds. The minimum Gasteiger partial charge on any atom is -0.491 e. The Kier molecular flexibility index (Phi) is 2.52. The molecule has 0 saturated heterocycles. The smallest absolute Gasteiger partial charge is 0.213 e. The molecule has 16 heavy (non-hydrogen) atoms. The molecular formula is C13H15NO2. The maximum atomic E-state index is 5.64. The molecule has 3 heteroatoms. The number of pyridine rings is 1. The Bertz CT molecular complexity index is 410. The Morgan fingerprint density at radius 3 is 3.06 bits per heavy atom. The fourth-order valence-electron chi connectivity index (χ4n) is 1.72. The van der Waals surface area contributed by atoms with Crippen LogP contribution >= 0.6 is 0 Å². The van der Waals surface area contributed by atoms with Crippen LogP contribution in [0.1, 0.15) is 25.0 Å². The first-order valence-electron chi connectivity index (χ1n) is 5.85. The molecule has 0 unspecified atom stereocenters. The molecule has 0 aromatic carbocycles. The van der Waals surface area contributed by atoms with E-state index in [4.69, 9.17) is 9.47 Å². The fraction of sp³-hybridized carbons (Fsp3) is 0.462. The SMILES string of the molecule is C1=C(c2cccc(OCC3CC3)n2)OCC1. The van der Waals surface area contributed by atoms with Gasteiger partial charge < -0.3 is 9.47 Å². The number of nitrogens with zero attached hydrogens (tertiary/aromatic N) is 1. The standard InChI is InChI=1S/C13H15NO2/c1-3-11(12-4-2-8-15-12)14-13(5-1)16-9-10-6-7-10/h1,3-5,10H,2,6-9H2. The van der Waals surface area contributed by atoms with Crippen LogP contribution in [0, 0.1) is 5.92 Å². The second-order valence-electron chi connectivity index (χ2n) is 4.32. The highest BCUT2D eigenvalue weighted by molar-refractivity contribution is 5.57. The van der Waals surface area contributed by atoms with Crippen molar-refractivity contribution in [2.75, 3.05) is 13.2 Å². The maximum Gasteiger partial charge on any atom is 0.213 e. The first-order chi connectivity index (χ1) is 7.92. The van der Waals surface area contributed by atoms with Crippen molar-refractivity contribution in [3.05, 3.63) is 30.0 Å². The van der Waals surface area contributed by atoms with E-state index in [9.17, 15) is 0 Å². The summed E-state index contributed by atoms with van der Waals surface area (Å²) in [6.45, 7) is 1.57. The lowest BCUT2D eigenvalue weighted by Gasteiger charge is -2.07. The van der Waals surface area contributed by atoms with Gasteiger partial charge in [-0.25, -0.2) is 4.98 Å². The van der Waals surface area contributed by atoms with E-state index < -0.39 is 0 Å². The molecule has 0 spiro atoms. The van der Waals surface area contributed by atoms with Crippen LogP contribution in [-0.2, 0) is 4.74 Å². The van der Waals surface area contributed by atoms with Gasteiger partial charge in [-0.05, 0) is 30.9 Å². The van der Waals surface area contributed by atoms with Gasteiger partial charge in [0.2, 0.25) is 5.88 Å². The van der Waals surface area contributed by atoms with E-state index in [1.807, 2.05) is 18.2 Å². The largest absolute Gasteiger partial charge is 0.491 e. The lowest BCUT2D eigenvalue weighted by molar-refractivity contribution is 0.285. The summed E-state index contributed by atoms with van der Waals surface area (Å²) >= 11 is 0. The van der Waals surface area contributed by atoms with E-state index in [0.29, 0.717) is 5.88 Å². The van der Waals surface area contributed by atoms with E-state index in [-0.39, 0.29) is 0 Å². The third-order valence-electron chi connectivity index (χ3n) is 2.84. The number of hydrogen-bond acceptors (Lipinski definition) is 3.